The Hall–Kier alpha value is -3.66. The van der Waals surface area contributed by atoms with E-state index >= 15 is 0 Å². The topological polar surface area (TPSA) is 106 Å². The molecule has 1 atom stereocenters. The molecule has 3 aromatic carbocycles. The maximum absolute atomic E-state index is 13.4. The maximum Gasteiger partial charge on any atom is 0.265 e. The van der Waals surface area contributed by atoms with Gasteiger partial charge in [0.05, 0.1) is 10.3 Å². The van der Waals surface area contributed by atoms with Gasteiger partial charge in [-0.1, -0.05) is 36.6 Å². The van der Waals surface area contributed by atoms with Crippen LogP contribution in [0.4, 0.5) is 5.69 Å². The molecule has 0 saturated carbocycles. The molecule has 0 radical (unpaired) electrons. The lowest BCUT2D eigenvalue weighted by atomic mass is 10.1. The number of ether oxygens (including phenoxy) is 1. The van der Waals surface area contributed by atoms with Crippen molar-refractivity contribution in [2.75, 3.05) is 18.4 Å². The number of anilines is 1. The number of nitrogens with zero attached hydrogens (tertiary/aromatic N) is 1. The largest absolute Gasteiger partial charge is 0.473 e. The predicted molar refractivity (Wildman–Crippen MR) is 155 cm³/mol. The number of carbonyl (C=O) groups is 1. The molecule has 0 aliphatic carbocycles. The predicted octanol–water partition coefficient (Wildman–Crippen LogP) is 6.08. The molecular formula is C30H29ClN2O6S. The highest BCUT2D eigenvalue weighted by atomic mass is 35.5. The Labute approximate surface area is 237 Å². The van der Waals surface area contributed by atoms with Gasteiger partial charge in [-0.05, 0) is 80.4 Å². The first-order valence-corrected chi connectivity index (χ1v) is 15.0. The van der Waals surface area contributed by atoms with E-state index in [1.165, 1.54) is 23.4 Å². The Balaban J connectivity index is 1.36. The fourth-order valence-corrected chi connectivity index (χ4v) is 6.28. The number of nitrogens with one attached hydrogen (secondary N) is 1. The lowest BCUT2D eigenvalue weighted by Crippen LogP contribution is -2.32. The summed E-state index contributed by atoms with van der Waals surface area (Å²) in [5.41, 5.74) is 0.946. The molecule has 1 N–H and O–H groups in total. The van der Waals surface area contributed by atoms with Crippen LogP contribution >= 0.6 is 11.6 Å². The zero-order chi connectivity index (χ0) is 28.3. The molecule has 1 unspecified atom stereocenters. The zero-order valence-electron chi connectivity index (χ0n) is 21.9. The van der Waals surface area contributed by atoms with Crippen molar-refractivity contribution in [1.82, 2.24) is 4.31 Å². The van der Waals surface area contributed by atoms with E-state index in [1.807, 2.05) is 0 Å². The van der Waals surface area contributed by atoms with Crippen molar-refractivity contribution in [2.45, 2.75) is 43.6 Å². The quantitative estimate of drug-likeness (QED) is 0.284. The van der Waals surface area contributed by atoms with Crippen LogP contribution in [0.3, 0.4) is 0 Å². The number of amides is 1. The third-order valence-electron chi connectivity index (χ3n) is 6.85. The highest BCUT2D eigenvalue weighted by molar-refractivity contribution is 7.89. The van der Waals surface area contributed by atoms with E-state index in [0.717, 1.165) is 25.7 Å². The van der Waals surface area contributed by atoms with Gasteiger partial charge in [-0.25, -0.2) is 8.42 Å². The summed E-state index contributed by atoms with van der Waals surface area (Å²) in [6, 6.07) is 19.6. The molecule has 2 heterocycles. The summed E-state index contributed by atoms with van der Waals surface area (Å²) in [4.78, 5) is 26.6. The zero-order valence-corrected chi connectivity index (χ0v) is 23.5. The molecule has 10 heteroatoms. The first kappa shape index (κ1) is 27.9. The summed E-state index contributed by atoms with van der Waals surface area (Å²) in [5.74, 6) is -0.427. The highest BCUT2D eigenvalue weighted by Gasteiger charge is 2.26. The van der Waals surface area contributed by atoms with Gasteiger partial charge in [-0.15, -0.1) is 0 Å². The molecule has 1 amide bonds. The van der Waals surface area contributed by atoms with Crippen molar-refractivity contribution in [1.29, 1.82) is 0 Å². The molecule has 208 valence electrons. The van der Waals surface area contributed by atoms with Gasteiger partial charge in [0.25, 0.3) is 5.91 Å². The smallest absolute Gasteiger partial charge is 0.265 e. The number of rotatable bonds is 7. The molecular weight excluding hydrogens is 552 g/mol. The lowest BCUT2D eigenvalue weighted by molar-refractivity contribution is -0.122. The monoisotopic (exact) mass is 580 g/mol. The number of para-hydroxylation sites is 1. The number of benzene rings is 3. The summed E-state index contributed by atoms with van der Waals surface area (Å²) in [6.45, 7) is 2.54. The fraction of sp³-hybridized carbons (Fsp3) is 0.267. The Kier molecular flexibility index (Phi) is 8.25. The van der Waals surface area contributed by atoms with E-state index in [0.29, 0.717) is 40.3 Å². The molecule has 4 aromatic rings. The van der Waals surface area contributed by atoms with Crippen molar-refractivity contribution < 1.29 is 22.4 Å². The normalized spacial score (nSPS) is 15.3. The highest BCUT2D eigenvalue weighted by Crippen LogP contribution is 2.32. The van der Waals surface area contributed by atoms with Crippen LogP contribution in [-0.2, 0) is 14.8 Å². The lowest BCUT2D eigenvalue weighted by Gasteiger charge is -2.20. The molecule has 8 nitrogen and oxygen atoms in total. The molecule has 0 spiro atoms. The number of halogens is 1. The van der Waals surface area contributed by atoms with Gasteiger partial charge in [0.1, 0.15) is 5.58 Å². The van der Waals surface area contributed by atoms with Gasteiger partial charge in [0.2, 0.25) is 21.2 Å². The number of carbonyl (C=O) groups excluding carboxylic acids is 1. The van der Waals surface area contributed by atoms with Crippen LogP contribution in [0.2, 0.25) is 5.02 Å². The summed E-state index contributed by atoms with van der Waals surface area (Å²) >= 11 is 6.04. The second-order valence-corrected chi connectivity index (χ2v) is 12.1. The van der Waals surface area contributed by atoms with Crippen LogP contribution in [0.25, 0.3) is 22.3 Å². The molecule has 1 aliphatic rings. The Morgan fingerprint density at radius 2 is 1.60 bits per heavy atom. The average molecular weight is 581 g/mol. The Morgan fingerprint density at radius 1 is 0.950 bits per heavy atom. The molecule has 1 aliphatic heterocycles. The third-order valence-corrected chi connectivity index (χ3v) is 9.02. The Bertz CT molecular complexity index is 1680. The van der Waals surface area contributed by atoms with Gasteiger partial charge < -0.3 is 14.5 Å². The number of hydrogen-bond donors (Lipinski definition) is 1. The molecule has 1 fully saturated rings. The van der Waals surface area contributed by atoms with E-state index in [9.17, 15) is 18.0 Å². The van der Waals surface area contributed by atoms with Crippen molar-refractivity contribution >= 4 is 44.2 Å². The summed E-state index contributed by atoms with van der Waals surface area (Å²) in [6.07, 6.45) is 2.68. The number of fused-ring (bicyclic) bond motifs is 1. The molecule has 1 aromatic heterocycles. The summed E-state index contributed by atoms with van der Waals surface area (Å²) < 4.78 is 39.6. The minimum Gasteiger partial charge on any atom is -0.473 e. The van der Waals surface area contributed by atoms with Crippen LogP contribution in [0.5, 0.6) is 5.75 Å². The second-order valence-electron chi connectivity index (χ2n) is 9.68. The van der Waals surface area contributed by atoms with Crippen molar-refractivity contribution in [3.05, 3.63) is 88.0 Å². The average Bonchev–Trinajstić information content (AvgIpc) is 3.26. The van der Waals surface area contributed by atoms with E-state index in [-0.39, 0.29) is 16.4 Å². The SMILES string of the molecule is CC(Oc1c(-c2ccc(Cl)cc2)oc2ccccc2c1=O)C(=O)Nc1ccc(S(=O)(=O)N2CCCCCC2)cc1. The van der Waals surface area contributed by atoms with Gasteiger partial charge in [-0.3, -0.25) is 9.59 Å². The van der Waals surface area contributed by atoms with Crippen LogP contribution in [0.1, 0.15) is 32.6 Å². The summed E-state index contributed by atoms with van der Waals surface area (Å²) in [5, 5.41) is 3.57. The van der Waals surface area contributed by atoms with Gasteiger partial charge >= 0.3 is 0 Å². The number of sulfonamides is 1. The first-order chi connectivity index (χ1) is 19.2. The van der Waals surface area contributed by atoms with Crippen LogP contribution < -0.4 is 15.5 Å². The van der Waals surface area contributed by atoms with Gasteiger partial charge in [0, 0.05) is 29.4 Å². The van der Waals surface area contributed by atoms with Gasteiger partial charge in [-0.2, -0.15) is 4.31 Å². The second kappa shape index (κ2) is 11.8. The molecule has 1 saturated heterocycles. The standard InChI is InChI=1S/C30H29ClN2O6S/c1-20(30(35)32-23-14-16-24(17-15-23)40(36,37)33-18-6-2-3-7-19-33)38-29-27(34)25-8-4-5-9-26(25)39-28(29)21-10-12-22(31)13-11-21/h4-5,8-17,20H,2-3,6-7,18-19H2,1H3,(H,32,35). The molecule has 0 bridgehead atoms. The van der Waals surface area contributed by atoms with E-state index in [1.54, 1.807) is 60.7 Å². The van der Waals surface area contributed by atoms with Crippen molar-refractivity contribution in [3.63, 3.8) is 0 Å². The first-order valence-electron chi connectivity index (χ1n) is 13.1. The van der Waals surface area contributed by atoms with Crippen molar-refractivity contribution in [3.8, 4) is 17.1 Å². The van der Waals surface area contributed by atoms with Crippen LogP contribution in [0, 0.1) is 0 Å². The minimum atomic E-state index is -3.60. The van der Waals surface area contributed by atoms with E-state index in [2.05, 4.69) is 5.32 Å². The van der Waals surface area contributed by atoms with E-state index in [4.69, 9.17) is 20.8 Å². The fourth-order valence-electron chi connectivity index (χ4n) is 4.64. The third kappa shape index (κ3) is 5.91. The van der Waals surface area contributed by atoms with Crippen LogP contribution in [0.15, 0.2) is 86.9 Å². The van der Waals surface area contributed by atoms with Crippen LogP contribution in [-0.4, -0.2) is 37.8 Å². The molecule has 40 heavy (non-hydrogen) atoms. The number of hydrogen-bond acceptors (Lipinski definition) is 6. The van der Waals surface area contributed by atoms with Gasteiger partial charge in [0.15, 0.2) is 11.9 Å². The van der Waals surface area contributed by atoms with Crippen molar-refractivity contribution in [2.24, 2.45) is 0 Å². The van der Waals surface area contributed by atoms with E-state index < -0.39 is 27.5 Å². The maximum atomic E-state index is 13.4. The molecule has 5 rings (SSSR count). The minimum absolute atomic E-state index is 0.0948. The summed E-state index contributed by atoms with van der Waals surface area (Å²) in [7, 11) is -3.60. The Morgan fingerprint density at radius 3 is 2.27 bits per heavy atom.